The Labute approximate surface area is 129 Å². The van der Waals surface area contributed by atoms with Crippen LogP contribution in [0.5, 0.6) is 0 Å². The quantitative estimate of drug-likeness (QED) is 0.659. The zero-order valence-electron chi connectivity index (χ0n) is 12.5. The van der Waals surface area contributed by atoms with E-state index >= 15 is 0 Å². The van der Waals surface area contributed by atoms with Crippen molar-refractivity contribution in [2.75, 3.05) is 6.61 Å². The van der Waals surface area contributed by atoms with E-state index in [0.29, 0.717) is 24.0 Å². The van der Waals surface area contributed by atoms with Gasteiger partial charge in [0, 0.05) is 6.20 Å². The zero-order valence-corrected chi connectivity index (χ0v) is 12.5. The highest BCUT2D eigenvalue weighted by atomic mass is 16.5. The van der Waals surface area contributed by atoms with E-state index in [1.165, 1.54) is 0 Å². The Morgan fingerprint density at radius 3 is 2.59 bits per heavy atom. The third-order valence-corrected chi connectivity index (χ3v) is 5.70. The van der Waals surface area contributed by atoms with Crippen LogP contribution in [0.1, 0.15) is 49.0 Å². The number of H-pyrrole nitrogens is 1. The molecule has 2 atom stereocenters. The van der Waals surface area contributed by atoms with Crippen LogP contribution < -0.4 is 0 Å². The summed E-state index contributed by atoms with van der Waals surface area (Å²) in [5, 5.41) is 10.7. The van der Waals surface area contributed by atoms with Crippen molar-refractivity contribution in [2.24, 2.45) is 17.3 Å². The highest BCUT2D eigenvalue weighted by Gasteiger charge is 2.60. The van der Waals surface area contributed by atoms with E-state index in [4.69, 9.17) is 4.74 Å². The number of aliphatic hydroxyl groups is 1. The highest BCUT2D eigenvalue weighted by molar-refractivity contribution is 5.96. The van der Waals surface area contributed by atoms with Gasteiger partial charge in [-0.05, 0) is 62.5 Å². The molecule has 5 heteroatoms. The summed E-state index contributed by atoms with van der Waals surface area (Å²) in [4.78, 5) is 27.4. The van der Waals surface area contributed by atoms with Crippen molar-refractivity contribution in [3.63, 3.8) is 0 Å². The SMILES string of the molecule is O=C(COC(=O)C12CC3CC(CC(O)(C3)C1)C2)c1ccc[nH]1. The minimum absolute atomic E-state index is 0.221. The molecule has 0 aromatic carbocycles. The lowest BCUT2D eigenvalue weighted by molar-refractivity contribution is -0.195. The molecule has 4 bridgehead atoms. The molecular formula is C17H21NO4. The van der Waals surface area contributed by atoms with Crippen LogP contribution in [0.4, 0.5) is 0 Å². The van der Waals surface area contributed by atoms with Gasteiger partial charge in [0.05, 0.1) is 16.7 Å². The Kier molecular flexibility index (Phi) is 2.98. The molecule has 0 saturated heterocycles. The first-order valence-electron chi connectivity index (χ1n) is 8.04. The molecule has 1 aromatic heterocycles. The fourth-order valence-corrected chi connectivity index (χ4v) is 5.32. The number of carbonyl (C=O) groups excluding carboxylic acids is 2. The van der Waals surface area contributed by atoms with Crippen molar-refractivity contribution in [2.45, 2.75) is 44.1 Å². The van der Waals surface area contributed by atoms with Crippen molar-refractivity contribution in [3.8, 4) is 0 Å². The molecule has 1 heterocycles. The maximum Gasteiger partial charge on any atom is 0.312 e. The normalized spacial score (nSPS) is 39.0. The molecular weight excluding hydrogens is 282 g/mol. The number of rotatable bonds is 4. The number of carbonyl (C=O) groups is 2. The van der Waals surface area contributed by atoms with E-state index in [1.807, 2.05) is 0 Å². The molecule has 4 saturated carbocycles. The van der Waals surface area contributed by atoms with E-state index < -0.39 is 11.0 Å². The van der Waals surface area contributed by atoms with E-state index in [-0.39, 0.29) is 18.4 Å². The third-order valence-electron chi connectivity index (χ3n) is 5.70. The monoisotopic (exact) mass is 303 g/mol. The molecule has 5 nitrogen and oxygen atoms in total. The summed E-state index contributed by atoms with van der Waals surface area (Å²) in [5.41, 5.74) is -0.793. The first-order chi connectivity index (χ1) is 10.5. The summed E-state index contributed by atoms with van der Waals surface area (Å²) in [5.74, 6) is 0.345. The molecule has 22 heavy (non-hydrogen) atoms. The van der Waals surface area contributed by atoms with Gasteiger partial charge in [0.25, 0.3) is 0 Å². The number of hydrogen-bond donors (Lipinski definition) is 2. The fraction of sp³-hybridized carbons (Fsp3) is 0.647. The number of esters is 1. The van der Waals surface area contributed by atoms with Crippen LogP contribution in [0, 0.1) is 17.3 Å². The lowest BCUT2D eigenvalue weighted by Crippen LogP contribution is -2.58. The lowest BCUT2D eigenvalue weighted by atomic mass is 9.48. The summed E-state index contributed by atoms with van der Waals surface area (Å²) in [7, 11) is 0. The number of nitrogens with one attached hydrogen (secondary N) is 1. The van der Waals surface area contributed by atoms with Gasteiger partial charge in [-0.3, -0.25) is 9.59 Å². The number of Topliss-reactive ketones (excluding diaryl/α,β-unsaturated/α-hetero) is 1. The zero-order chi connectivity index (χ0) is 15.4. The molecule has 0 spiro atoms. The Bertz CT molecular complexity index is 592. The van der Waals surface area contributed by atoms with Gasteiger partial charge in [-0.15, -0.1) is 0 Å². The van der Waals surface area contributed by atoms with E-state index in [0.717, 1.165) is 32.1 Å². The molecule has 5 rings (SSSR count). The summed E-state index contributed by atoms with van der Waals surface area (Å²) in [6, 6.07) is 3.41. The van der Waals surface area contributed by atoms with E-state index in [2.05, 4.69) is 4.98 Å². The number of aromatic nitrogens is 1. The Morgan fingerprint density at radius 1 is 1.27 bits per heavy atom. The molecule has 0 aliphatic heterocycles. The average molecular weight is 303 g/mol. The largest absolute Gasteiger partial charge is 0.457 e. The van der Waals surface area contributed by atoms with Gasteiger partial charge in [-0.2, -0.15) is 0 Å². The minimum Gasteiger partial charge on any atom is -0.457 e. The summed E-state index contributed by atoms with van der Waals surface area (Å²) in [6.45, 7) is -0.227. The maximum atomic E-state index is 12.6. The van der Waals surface area contributed by atoms with Gasteiger partial charge in [0.15, 0.2) is 6.61 Å². The lowest BCUT2D eigenvalue weighted by Gasteiger charge is -2.58. The molecule has 4 aliphatic rings. The van der Waals surface area contributed by atoms with Crippen LogP contribution in [0.15, 0.2) is 18.3 Å². The standard InChI is InChI=1S/C17H21NO4/c19-14(13-2-1-3-18-13)9-22-15(20)16-5-11-4-12(6-16)8-17(21,7-11)10-16/h1-3,11-12,18,21H,4-10H2. The first-order valence-corrected chi connectivity index (χ1v) is 8.04. The number of aromatic amines is 1. The summed E-state index contributed by atoms with van der Waals surface area (Å²) >= 11 is 0. The van der Waals surface area contributed by atoms with Gasteiger partial charge in [0.1, 0.15) is 0 Å². The van der Waals surface area contributed by atoms with Crippen LogP contribution >= 0.6 is 0 Å². The van der Waals surface area contributed by atoms with Crippen LogP contribution in [-0.4, -0.2) is 34.1 Å². The molecule has 118 valence electrons. The maximum absolute atomic E-state index is 12.6. The molecule has 4 fully saturated rings. The highest BCUT2D eigenvalue weighted by Crippen LogP contribution is 2.61. The smallest absolute Gasteiger partial charge is 0.312 e. The van der Waals surface area contributed by atoms with Crippen molar-refractivity contribution in [1.29, 1.82) is 0 Å². The number of ether oxygens (including phenoxy) is 1. The van der Waals surface area contributed by atoms with Crippen molar-refractivity contribution in [1.82, 2.24) is 4.98 Å². The van der Waals surface area contributed by atoms with Crippen LogP contribution in [0.25, 0.3) is 0 Å². The van der Waals surface area contributed by atoms with Crippen molar-refractivity contribution >= 4 is 11.8 Å². The molecule has 2 unspecified atom stereocenters. The molecule has 2 N–H and O–H groups in total. The van der Waals surface area contributed by atoms with Gasteiger partial charge in [0.2, 0.25) is 5.78 Å². The van der Waals surface area contributed by atoms with Gasteiger partial charge in [-0.1, -0.05) is 0 Å². The predicted octanol–water partition coefficient (Wildman–Crippen LogP) is 2.07. The van der Waals surface area contributed by atoms with Crippen LogP contribution in [0.3, 0.4) is 0 Å². The summed E-state index contributed by atoms with van der Waals surface area (Å²) in [6.07, 6.45) is 6.55. The third kappa shape index (κ3) is 2.19. The van der Waals surface area contributed by atoms with Crippen LogP contribution in [-0.2, 0) is 9.53 Å². The van der Waals surface area contributed by atoms with E-state index in [9.17, 15) is 14.7 Å². The topological polar surface area (TPSA) is 79.4 Å². The fourth-order valence-electron chi connectivity index (χ4n) is 5.32. The van der Waals surface area contributed by atoms with Gasteiger partial charge in [-0.25, -0.2) is 0 Å². The Hall–Kier alpha value is -1.62. The second kappa shape index (κ2) is 4.69. The van der Waals surface area contributed by atoms with Crippen molar-refractivity contribution in [3.05, 3.63) is 24.0 Å². The van der Waals surface area contributed by atoms with Crippen LogP contribution in [0.2, 0.25) is 0 Å². The molecule has 0 amide bonds. The number of hydrogen-bond acceptors (Lipinski definition) is 4. The van der Waals surface area contributed by atoms with Gasteiger partial charge < -0.3 is 14.8 Å². The number of ketones is 1. The Morgan fingerprint density at radius 2 is 2.00 bits per heavy atom. The Balaban J connectivity index is 1.45. The minimum atomic E-state index is -0.688. The second-order valence-electron chi connectivity index (χ2n) is 7.55. The summed E-state index contributed by atoms with van der Waals surface area (Å²) < 4.78 is 5.34. The average Bonchev–Trinajstić information content (AvgIpc) is 2.95. The van der Waals surface area contributed by atoms with Gasteiger partial charge >= 0.3 is 5.97 Å². The molecule has 1 aromatic rings. The van der Waals surface area contributed by atoms with E-state index in [1.54, 1.807) is 18.3 Å². The second-order valence-corrected chi connectivity index (χ2v) is 7.55. The predicted molar refractivity (Wildman–Crippen MR) is 78.1 cm³/mol. The molecule has 4 aliphatic carbocycles. The first kappa shape index (κ1) is 14.0. The molecule has 0 radical (unpaired) electrons. The van der Waals surface area contributed by atoms with Crippen molar-refractivity contribution < 1.29 is 19.4 Å².